The third-order valence-corrected chi connectivity index (χ3v) is 1.62. The second kappa shape index (κ2) is 5.69. The summed E-state index contributed by atoms with van der Waals surface area (Å²) in [6.45, 7) is 0. The van der Waals surface area contributed by atoms with Gasteiger partial charge in [-0.05, 0) is 17.7 Å². The molecular weight excluding hydrogens is 172 g/mol. The van der Waals surface area contributed by atoms with Gasteiger partial charge in [-0.15, -0.1) is 11.6 Å². The van der Waals surface area contributed by atoms with Gasteiger partial charge in [0.2, 0.25) is 0 Å². The molecule has 1 aromatic carbocycles. The predicted molar refractivity (Wildman–Crippen MR) is 51.1 cm³/mol. The van der Waals surface area contributed by atoms with E-state index in [1.165, 1.54) is 0 Å². The largest absolute Gasteiger partial charge is 0.497 e. The van der Waals surface area contributed by atoms with Crippen LogP contribution in [-0.4, -0.2) is 30.2 Å². The van der Waals surface area contributed by atoms with Gasteiger partial charge >= 0.3 is 23.1 Å². The van der Waals surface area contributed by atoms with Crippen LogP contribution in [0.4, 0.5) is 0 Å². The molecule has 0 aliphatic heterocycles. The van der Waals surface area contributed by atoms with Crippen molar-refractivity contribution in [3.63, 3.8) is 0 Å². The lowest BCUT2D eigenvalue weighted by molar-refractivity contribution is 0.414. The highest BCUT2D eigenvalue weighted by Gasteiger charge is 1.90. The van der Waals surface area contributed by atoms with E-state index in [4.69, 9.17) is 16.3 Å². The fraction of sp³-hybridized carbons (Fsp3) is 0.250. The summed E-state index contributed by atoms with van der Waals surface area (Å²) in [7, 11) is 1.65. The van der Waals surface area contributed by atoms with Gasteiger partial charge in [0.15, 0.2) is 0 Å². The lowest BCUT2D eigenvalue weighted by atomic mass is 10.2. The monoisotopic (exact) mass is 182 g/mol. The molecule has 0 N–H and O–H groups in total. The van der Waals surface area contributed by atoms with Gasteiger partial charge < -0.3 is 4.74 Å². The molecule has 0 aliphatic carbocycles. The Morgan fingerprint density at radius 2 is 1.82 bits per heavy atom. The van der Waals surface area contributed by atoms with Crippen molar-refractivity contribution in [2.24, 2.45) is 0 Å². The maximum absolute atomic E-state index is 5.58. The number of benzene rings is 1. The summed E-state index contributed by atoms with van der Waals surface area (Å²) >= 11 is 5.58. The SMILES string of the molecule is COc1ccc(CCl)cc1.[MgH2]. The summed E-state index contributed by atoms with van der Waals surface area (Å²) in [6.07, 6.45) is 0. The van der Waals surface area contributed by atoms with Crippen LogP contribution in [0.25, 0.3) is 0 Å². The van der Waals surface area contributed by atoms with Crippen molar-refractivity contribution in [2.45, 2.75) is 5.88 Å². The first kappa shape index (κ1) is 11.1. The van der Waals surface area contributed by atoms with E-state index in [1.54, 1.807) is 7.11 Å². The number of alkyl halides is 1. The van der Waals surface area contributed by atoms with E-state index in [9.17, 15) is 0 Å². The van der Waals surface area contributed by atoms with E-state index < -0.39 is 0 Å². The quantitative estimate of drug-likeness (QED) is 0.498. The van der Waals surface area contributed by atoms with Gasteiger partial charge in [-0.2, -0.15) is 0 Å². The van der Waals surface area contributed by atoms with Crippen molar-refractivity contribution in [2.75, 3.05) is 7.11 Å². The Bertz CT molecular complexity index is 175. The molecule has 0 radical (unpaired) electrons. The number of halogens is 1. The molecule has 0 saturated carbocycles. The van der Waals surface area contributed by atoms with Crippen LogP contribution in [0, 0.1) is 0 Å². The van der Waals surface area contributed by atoms with Crippen molar-refractivity contribution in [1.82, 2.24) is 0 Å². The third-order valence-electron chi connectivity index (χ3n) is 1.31. The molecule has 0 aromatic heterocycles. The van der Waals surface area contributed by atoms with Crippen molar-refractivity contribution in [1.29, 1.82) is 0 Å². The first-order valence-corrected chi connectivity index (χ1v) is 3.59. The third kappa shape index (κ3) is 3.32. The number of rotatable bonds is 2. The predicted octanol–water partition coefficient (Wildman–Crippen LogP) is 1.52. The molecule has 0 aliphatic rings. The standard InChI is InChI=1S/C8H9ClO.Mg.2H/c1-10-8-4-2-7(6-9)3-5-8;;;/h2-5H,6H2,1H3;;;. The Morgan fingerprint density at radius 3 is 2.18 bits per heavy atom. The first-order valence-electron chi connectivity index (χ1n) is 3.05. The molecule has 1 aromatic rings. The highest BCUT2D eigenvalue weighted by Crippen LogP contribution is 2.12. The van der Waals surface area contributed by atoms with Gasteiger partial charge in [0.1, 0.15) is 5.75 Å². The van der Waals surface area contributed by atoms with Gasteiger partial charge in [0, 0.05) is 5.88 Å². The van der Waals surface area contributed by atoms with Crippen molar-refractivity contribution >= 4 is 34.7 Å². The lowest BCUT2D eigenvalue weighted by Gasteiger charge is -1.98. The molecule has 11 heavy (non-hydrogen) atoms. The summed E-state index contributed by atoms with van der Waals surface area (Å²) in [4.78, 5) is 0. The first-order chi connectivity index (χ1) is 4.86. The fourth-order valence-corrected chi connectivity index (χ4v) is 0.893. The minimum atomic E-state index is 0. The van der Waals surface area contributed by atoms with E-state index in [2.05, 4.69) is 0 Å². The minimum absolute atomic E-state index is 0. The van der Waals surface area contributed by atoms with Gasteiger partial charge in [0.05, 0.1) is 7.11 Å². The molecule has 0 heterocycles. The van der Waals surface area contributed by atoms with Gasteiger partial charge in [0.25, 0.3) is 0 Å². The summed E-state index contributed by atoms with van der Waals surface area (Å²) in [5.41, 5.74) is 1.11. The van der Waals surface area contributed by atoms with Crippen molar-refractivity contribution < 1.29 is 4.74 Å². The number of methoxy groups -OCH3 is 1. The van der Waals surface area contributed by atoms with Gasteiger partial charge in [-0.1, -0.05) is 12.1 Å². The summed E-state index contributed by atoms with van der Waals surface area (Å²) in [5.74, 6) is 1.43. The Hall–Kier alpha value is 0.0762. The van der Waals surface area contributed by atoms with Crippen LogP contribution in [0.1, 0.15) is 5.56 Å². The van der Waals surface area contributed by atoms with Crippen LogP contribution in [0.15, 0.2) is 24.3 Å². The molecule has 0 saturated heterocycles. The topological polar surface area (TPSA) is 9.23 Å². The van der Waals surface area contributed by atoms with E-state index in [1.807, 2.05) is 24.3 Å². The maximum Gasteiger partial charge on any atom is 0.316 e. The number of hydrogen-bond donors (Lipinski definition) is 0. The van der Waals surface area contributed by atoms with Gasteiger partial charge in [-0.25, -0.2) is 0 Å². The molecule has 0 atom stereocenters. The van der Waals surface area contributed by atoms with Gasteiger partial charge in [-0.3, -0.25) is 0 Å². The zero-order chi connectivity index (χ0) is 7.40. The smallest absolute Gasteiger partial charge is 0.316 e. The molecule has 1 nitrogen and oxygen atoms in total. The maximum atomic E-state index is 5.58. The molecule has 0 unspecified atom stereocenters. The lowest BCUT2D eigenvalue weighted by Crippen LogP contribution is -1.82. The zero-order valence-electron chi connectivity index (χ0n) is 5.80. The van der Waals surface area contributed by atoms with Crippen LogP contribution in [0.3, 0.4) is 0 Å². The Labute approximate surface area is 87.8 Å². The Kier molecular flexibility index (Phi) is 5.73. The molecule has 0 fully saturated rings. The summed E-state index contributed by atoms with van der Waals surface area (Å²) in [6, 6.07) is 7.70. The molecule has 1 rings (SSSR count). The molecule has 3 heteroatoms. The average Bonchev–Trinajstić information content (AvgIpc) is 2.05. The van der Waals surface area contributed by atoms with Crippen LogP contribution in [-0.2, 0) is 5.88 Å². The van der Waals surface area contributed by atoms with Crippen LogP contribution >= 0.6 is 11.6 Å². The summed E-state index contributed by atoms with van der Waals surface area (Å²) < 4.78 is 4.97. The van der Waals surface area contributed by atoms with Crippen molar-refractivity contribution in [3.8, 4) is 5.75 Å². The highest BCUT2D eigenvalue weighted by molar-refractivity contribution is 6.17. The molecule has 0 spiro atoms. The van der Waals surface area contributed by atoms with Crippen LogP contribution in [0.2, 0.25) is 0 Å². The molecular formula is C8H11ClMgO. The minimum Gasteiger partial charge on any atom is -0.497 e. The van der Waals surface area contributed by atoms with E-state index in [-0.39, 0.29) is 23.1 Å². The van der Waals surface area contributed by atoms with Crippen molar-refractivity contribution in [3.05, 3.63) is 29.8 Å². The van der Waals surface area contributed by atoms with E-state index >= 15 is 0 Å². The number of hydrogen-bond acceptors (Lipinski definition) is 1. The average molecular weight is 183 g/mol. The second-order valence-corrected chi connectivity index (χ2v) is 2.25. The Morgan fingerprint density at radius 1 is 1.27 bits per heavy atom. The van der Waals surface area contributed by atoms with Crippen LogP contribution < -0.4 is 4.74 Å². The molecule has 0 amide bonds. The number of ether oxygens (including phenoxy) is 1. The Balaban J connectivity index is 0.000001000. The molecule has 0 bridgehead atoms. The second-order valence-electron chi connectivity index (χ2n) is 1.98. The fourth-order valence-electron chi connectivity index (χ4n) is 0.715. The van der Waals surface area contributed by atoms with E-state index in [0.717, 1.165) is 11.3 Å². The zero-order valence-corrected chi connectivity index (χ0v) is 6.56. The van der Waals surface area contributed by atoms with E-state index in [0.29, 0.717) is 5.88 Å². The molecule has 58 valence electrons. The van der Waals surface area contributed by atoms with Crippen LogP contribution in [0.5, 0.6) is 5.75 Å². The summed E-state index contributed by atoms with van der Waals surface area (Å²) in [5, 5.41) is 0. The normalized spacial score (nSPS) is 8.55. The highest BCUT2D eigenvalue weighted by atomic mass is 35.5.